The molecule has 0 spiro atoms. The Morgan fingerprint density at radius 3 is 1.87 bits per heavy atom. The minimum absolute atomic E-state index is 0.000896. The van der Waals surface area contributed by atoms with Gasteiger partial charge in [0.05, 0.1) is 23.3 Å². The molecular weight excluding hydrogens is 529 g/mol. The molecule has 0 amide bonds. The lowest BCUT2D eigenvalue weighted by atomic mass is 9.88. The Labute approximate surface area is 220 Å². The van der Waals surface area contributed by atoms with Crippen LogP contribution in [0.2, 0.25) is 18.1 Å². The maximum atomic E-state index is 13.7. The zero-order chi connectivity index (χ0) is 28.7. The molecule has 2 nitrogen and oxygen atoms in total. The van der Waals surface area contributed by atoms with E-state index in [0.29, 0.717) is 31.6 Å². The van der Waals surface area contributed by atoms with Gasteiger partial charge in [-0.25, -0.2) is 4.39 Å². The summed E-state index contributed by atoms with van der Waals surface area (Å²) in [5.41, 5.74) is -2.16. The van der Waals surface area contributed by atoms with E-state index in [1.165, 1.54) is 19.1 Å². The molecule has 3 rings (SSSR count). The number of halogens is 7. The molecule has 38 heavy (non-hydrogen) atoms. The summed E-state index contributed by atoms with van der Waals surface area (Å²) < 4.78 is 107. The number of benzene rings is 2. The van der Waals surface area contributed by atoms with E-state index in [2.05, 4.69) is 33.9 Å². The van der Waals surface area contributed by atoms with Crippen molar-refractivity contribution in [1.82, 2.24) is 0 Å². The number of hydrogen-bond acceptors (Lipinski definition) is 2. The monoisotopic (exact) mass is 564 g/mol. The first-order valence-electron chi connectivity index (χ1n) is 12.6. The van der Waals surface area contributed by atoms with Gasteiger partial charge >= 0.3 is 12.4 Å². The Kier molecular flexibility index (Phi) is 8.80. The molecule has 0 heterocycles. The fourth-order valence-electron chi connectivity index (χ4n) is 4.64. The van der Waals surface area contributed by atoms with E-state index < -0.39 is 49.8 Å². The summed E-state index contributed by atoms with van der Waals surface area (Å²) in [5.74, 6) is -0.662. The van der Waals surface area contributed by atoms with Gasteiger partial charge in [0.25, 0.3) is 0 Å². The van der Waals surface area contributed by atoms with E-state index in [9.17, 15) is 30.7 Å². The Balaban J connectivity index is 1.90. The number of rotatable bonds is 7. The number of alkyl halides is 6. The highest BCUT2D eigenvalue weighted by atomic mass is 28.4. The van der Waals surface area contributed by atoms with Crippen LogP contribution < -0.4 is 0 Å². The lowest BCUT2D eigenvalue weighted by molar-refractivity contribution is -0.143. The van der Waals surface area contributed by atoms with Crippen molar-refractivity contribution in [2.24, 2.45) is 5.92 Å². The second-order valence-corrected chi connectivity index (χ2v) is 16.5. The Morgan fingerprint density at radius 1 is 0.868 bits per heavy atom. The minimum atomic E-state index is -4.94. The van der Waals surface area contributed by atoms with Crippen LogP contribution in [0, 0.1) is 11.7 Å². The van der Waals surface area contributed by atoms with Gasteiger partial charge in [-0.2, -0.15) is 26.3 Å². The average Bonchev–Trinajstić information content (AvgIpc) is 3.18. The lowest BCUT2D eigenvalue weighted by Gasteiger charge is -2.38. The third-order valence-electron chi connectivity index (χ3n) is 7.91. The van der Waals surface area contributed by atoms with Gasteiger partial charge in [0, 0.05) is 12.5 Å². The van der Waals surface area contributed by atoms with Gasteiger partial charge in [0.15, 0.2) is 8.32 Å². The smallest absolute Gasteiger partial charge is 0.416 e. The van der Waals surface area contributed by atoms with Crippen LogP contribution in [0.25, 0.3) is 0 Å². The molecule has 0 unspecified atom stereocenters. The quantitative estimate of drug-likeness (QED) is 0.246. The van der Waals surface area contributed by atoms with Crippen molar-refractivity contribution in [3.8, 4) is 0 Å². The van der Waals surface area contributed by atoms with Gasteiger partial charge < -0.3 is 9.16 Å². The second kappa shape index (κ2) is 10.9. The van der Waals surface area contributed by atoms with Crippen LogP contribution >= 0.6 is 0 Å². The molecule has 2 aromatic carbocycles. The van der Waals surface area contributed by atoms with Gasteiger partial charge in [-0.1, -0.05) is 32.9 Å². The highest BCUT2D eigenvalue weighted by Crippen LogP contribution is 2.46. The highest BCUT2D eigenvalue weighted by molar-refractivity contribution is 6.74. The summed E-state index contributed by atoms with van der Waals surface area (Å²) in [7, 11) is -2.08. The number of hydrogen-bond donors (Lipinski definition) is 0. The van der Waals surface area contributed by atoms with Crippen LogP contribution in [-0.2, 0) is 21.5 Å². The first kappa shape index (κ1) is 30.6. The standard InChI is InChI=1S/C28H35F7O2Si/c1-17(20-13-21(27(30,31)32)15-22(14-20)28(33,34)35)37-24-12-9-19(16-36-38(5,6)26(2,3)4)25(24)18-7-10-23(29)11-8-18/h7-8,10-11,13-15,17,19,24-25H,9,12,16H2,1-6H3/t17-,19+,24+,25+/m1/s1. The van der Waals surface area contributed by atoms with E-state index >= 15 is 0 Å². The molecule has 0 radical (unpaired) electrons. The predicted octanol–water partition coefficient (Wildman–Crippen LogP) is 9.53. The molecule has 1 fully saturated rings. The summed E-state index contributed by atoms with van der Waals surface area (Å²) in [6.45, 7) is 12.6. The van der Waals surface area contributed by atoms with Gasteiger partial charge in [0.1, 0.15) is 5.82 Å². The van der Waals surface area contributed by atoms with E-state index in [-0.39, 0.29) is 28.5 Å². The summed E-state index contributed by atoms with van der Waals surface area (Å²) in [4.78, 5) is 0. The summed E-state index contributed by atoms with van der Waals surface area (Å²) in [5, 5.41) is -0.0128. The molecule has 4 atom stereocenters. The van der Waals surface area contributed by atoms with E-state index in [1.807, 2.05) is 0 Å². The molecule has 2 aromatic rings. The van der Waals surface area contributed by atoms with Crippen LogP contribution in [0.5, 0.6) is 0 Å². The molecule has 0 aliphatic heterocycles. The van der Waals surface area contributed by atoms with Crippen molar-refractivity contribution >= 4 is 8.32 Å². The second-order valence-electron chi connectivity index (χ2n) is 11.6. The third kappa shape index (κ3) is 7.18. The summed E-state index contributed by atoms with van der Waals surface area (Å²) in [6.07, 6.45) is -10.2. The zero-order valence-corrected chi connectivity index (χ0v) is 23.4. The Morgan fingerprint density at radius 2 is 1.39 bits per heavy atom. The van der Waals surface area contributed by atoms with Gasteiger partial charge in [0.2, 0.25) is 0 Å². The van der Waals surface area contributed by atoms with Gasteiger partial charge in [-0.05, 0) is 85.3 Å². The largest absolute Gasteiger partial charge is 0.417 e. The summed E-state index contributed by atoms with van der Waals surface area (Å²) in [6, 6.07) is 7.50. The van der Waals surface area contributed by atoms with Crippen LogP contribution in [0.1, 0.15) is 74.8 Å². The fraction of sp³-hybridized carbons (Fsp3) is 0.571. The van der Waals surface area contributed by atoms with Crippen LogP contribution in [0.4, 0.5) is 30.7 Å². The third-order valence-corrected chi connectivity index (χ3v) is 12.4. The topological polar surface area (TPSA) is 18.5 Å². The van der Waals surface area contributed by atoms with Crippen molar-refractivity contribution in [1.29, 1.82) is 0 Å². The molecule has 10 heteroatoms. The van der Waals surface area contributed by atoms with E-state index in [1.54, 1.807) is 12.1 Å². The summed E-state index contributed by atoms with van der Waals surface area (Å²) >= 11 is 0. The minimum Gasteiger partial charge on any atom is -0.417 e. The molecule has 212 valence electrons. The maximum absolute atomic E-state index is 13.7. The SMILES string of the molecule is C[C@@H](O[C@H]1CC[C@@H](CO[Si](C)(C)C(C)(C)C)[C@@H]1c1ccc(F)cc1)c1cc(C(F)(F)F)cc(C(F)(F)F)c1. The van der Waals surface area contributed by atoms with Crippen molar-refractivity contribution < 1.29 is 39.9 Å². The molecule has 1 aliphatic carbocycles. The lowest BCUT2D eigenvalue weighted by Crippen LogP contribution is -2.42. The van der Waals surface area contributed by atoms with Crippen molar-refractivity contribution in [2.45, 2.75) is 89.1 Å². The van der Waals surface area contributed by atoms with Crippen molar-refractivity contribution in [3.63, 3.8) is 0 Å². The van der Waals surface area contributed by atoms with Crippen molar-refractivity contribution in [3.05, 3.63) is 70.5 Å². The molecule has 0 saturated heterocycles. The van der Waals surface area contributed by atoms with Crippen molar-refractivity contribution in [2.75, 3.05) is 6.61 Å². The van der Waals surface area contributed by atoms with E-state index in [4.69, 9.17) is 9.16 Å². The molecule has 0 bridgehead atoms. The maximum Gasteiger partial charge on any atom is 0.416 e. The first-order chi connectivity index (χ1) is 17.3. The van der Waals surface area contributed by atoms with Gasteiger partial charge in [-0.3, -0.25) is 0 Å². The molecule has 1 aliphatic rings. The highest BCUT2D eigenvalue weighted by Gasteiger charge is 2.43. The van der Waals surface area contributed by atoms with Crippen LogP contribution in [0.15, 0.2) is 42.5 Å². The molecule has 0 N–H and O–H groups in total. The van der Waals surface area contributed by atoms with Crippen LogP contribution in [0.3, 0.4) is 0 Å². The van der Waals surface area contributed by atoms with Gasteiger partial charge in [-0.15, -0.1) is 0 Å². The first-order valence-corrected chi connectivity index (χ1v) is 15.5. The fourth-order valence-corrected chi connectivity index (χ4v) is 5.70. The number of ether oxygens (including phenoxy) is 1. The van der Waals surface area contributed by atoms with E-state index in [0.717, 1.165) is 5.56 Å². The molecule has 1 saturated carbocycles. The zero-order valence-electron chi connectivity index (χ0n) is 22.4. The average molecular weight is 565 g/mol. The molecule has 0 aromatic heterocycles. The normalized spacial score (nSPS) is 22.1. The predicted molar refractivity (Wildman–Crippen MR) is 135 cm³/mol. The Bertz CT molecular complexity index is 1060. The molecular formula is C28H35F7O2Si. The Hall–Kier alpha value is -1.91. The van der Waals surface area contributed by atoms with Crippen LogP contribution in [-0.4, -0.2) is 21.0 Å².